The number of allylic oxidation sites excluding steroid dienone is 2. The van der Waals surface area contributed by atoms with Crippen LogP contribution in [0.25, 0.3) is 0 Å². The number of phenols is 1. The van der Waals surface area contributed by atoms with Gasteiger partial charge in [0, 0.05) is 0 Å². The molecule has 0 saturated carbocycles. The van der Waals surface area contributed by atoms with Crippen LogP contribution in [-0.2, 0) is 25.2 Å². The number of fused-ring (bicyclic) bond motifs is 1. The fourth-order valence-corrected chi connectivity index (χ4v) is 4.85. The highest BCUT2D eigenvalue weighted by atomic mass is 32.2. The Morgan fingerprint density at radius 1 is 1.36 bits per heavy atom. The third kappa shape index (κ3) is 3.32. The minimum absolute atomic E-state index is 0.0173. The first-order valence-corrected chi connectivity index (χ1v) is 9.78. The molecule has 0 spiro atoms. The number of carboxylic acid groups (broad SMARTS) is 1. The van der Waals surface area contributed by atoms with E-state index in [-0.39, 0.29) is 17.2 Å². The summed E-state index contributed by atoms with van der Waals surface area (Å²) in [5.41, 5.74) is 6.39. The lowest BCUT2D eigenvalue weighted by Crippen LogP contribution is -2.74. The van der Waals surface area contributed by atoms with Gasteiger partial charge in [-0.3, -0.25) is 18.7 Å². The second-order valence-electron chi connectivity index (χ2n) is 6.36. The predicted molar refractivity (Wildman–Crippen MR) is 100 cm³/mol. The summed E-state index contributed by atoms with van der Waals surface area (Å²) in [7, 11) is -1.58. The lowest BCUT2D eigenvalue weighted by molar-refractivity contribution is -0.151. The van der Waals surface area contributed by atoms with Gasteiger partial charge in [0.15, 0.2) is 0 Å². The number of hydrogen-bond donors (Lipinski definition) is 4. The number of nitrogens with two attached hydrogens (primary N) is 1. The summed E-state index contributed by atoms with van der Waals surface area (Å²) in [5, 5.41) is 20.3. The lowest BCUT2D eigenvalue weighted by atomic mass is 10.0. The van der Waals surface area contributed by atoms with Crippen molar-refractivity contribution in [3.05, 3.63) is 53.3 Å². The maximum atomic E-state index is 12.6. The normalized spacial score (nSPS) is 25.3. The molecule has 0 radical (unpaired) electrons. The number of aromatic hydroxyl groups is 1. The fraction of sp³-hybridized carbons (Fsp3) is 0.278. The van der Waals surface area contributed by atoms with Crippen molar-refractivity contribution in [2.45, 2.75) is 24.4 Å². The van der Waals surface area contributed by atoms with E-state index in [0.717, 1.165) is 4.90 Å². The number of β-lactam (4-membered cyclic amide) rings is 1. The Morgan fingerprint density at radius 3 is 2.57 bits per heavy atom. The van der Waals surface area contributed by atoms with Crippen LogP contribution >= 0.6 is 0 Å². The number of carboxylic acids is 1. The van der Waals surface area contributed by atoms with E-state index in [1.807, 2.05) is 0 Å². The summed E-state index contributed by atoms with van der Waals surface area (Å²) in [6.07, 6.45) is 3.12. The van der Waals surface area contributed by atoms with Crippen LogP contribution in [0.3, 0.4) is 0 Å². The molecule has 2 aliphatic rings. The molecule has 3 rings (SSSR count). The predicted octanol–water partition coefficient (Wildman–Crippen LogP) is -0.278. The van der Waals surface area contributed by atoms with Gasteiger partial charge >= 0.3 is 5.97 Å². The van der Waals surface area contributed by atoms with Crippen LogP contribution in [-0.4, -0.2) is 54.3 Å². The minimum Gasteiger partial charge on any atom is -0.508 e. The van der Waals surface area contributed by atoms with Crippen LogP contribution in [0, 0.1) is 0 Å². The van der Waals surface area contributed by atoms with E-state index in [1.165, 1.54) is 30.3 Å². The minimum atomic E-state index is -1.58. The number of aliphatic carboxylic acids is 1. The third-order valence-electron chi connectivity index (χ3n) is 4.56. The van der Waals surface area contributed by atoms with Crippen LogP contribution in [0.4, 0.5) is 0 Å². The molecule has 1 fully saturated rings. The van der Waals surface area contributed by atoms with Crippen molar-refractivity contribution in [2.75, 3.05) is 5.75 Å². The van der Waals surface area contributed by atoms with Gasteiger partial charge in [0.1, 0.15) is 28.9 Å². The van der Waals surface area contributed by atoms with Gasteiger partial charge in [0.2, 0.25) is 5.91 Å². The number of amides is 2. The first kappa shape index (κ1) is 19.8. The maximum Gasteiger partial charge on any atom is 0.352 e. The second-order valence-corrected chi connectivity index (χ2v) is 7.89. The molecular formula is C18H19N3O6S. The number of nitrogens with zero attached hydrogens (tertiary/aromatic N) is 1. The quantitative estimate of drug-likeness (QED) is 0.492. The summed E-state index contributed by atoms with van der Waals surface area (Å²) in [4.78, 5) is 37.5. The second kappa shape index (κ2) is 7.56. The molecule has 0 bridgehead atoms. The topological polar surface area (TPSA) is 150 Å². The maximum absolute atomic E-state index is 12.6. The van der Waals surface area contributed by atoms with Gasteiger partial charge in [0.25, 0.3) is 5.91 Å². The largest absolute Gasteiger partial charge is 0.508 e. The van der Waals surface area contributed by atoms with Crippen molar-refractivity contribution in [2.24, 2.45) is 5.73 Å². The molecule has 4 atom stereocenters. The first-order chi connectivity index (χ1) is 13.3. The molecule has 10 heteroatoms. The molecule has 1 aromatic carbocycles. The Kier molecular flexibility index (Phi) is 5.34. The van der Waals surface area contributed by atoms with Crippen molar-refractivity contribution < 1.29 is 28.8 Å². The fourth-order valence-electron chi connectivity index (χ4n) is 3.21. The number of nitrogens with one attached hydrogen (secondary N) is 1. The molecule has 1 saturated heterocycles. The number of benzene rings is 1. The Morgan fingerprint density at radius 2 is 2.00 bits per heavy atom. The average molecular weight is 405 g/mol. The molecule has 28 heavy (non-hydrogen) atoms. The number of phenolic OH excluding ortho intramolecular Hbond substituents is 1. The van der Waals surface area contributed by atoms with Crippen LogP contribution in [0.2, 0.25) is 0 Å². The van der Waals surface area contributed by atoms with Crippen LogP contribution in [0.1, 0.15) is 18.5 Å². The summed E-state index contributed by atoms with van der Waals surface area (Å²) >= 11 is 0. The van der Waals surface area contributed by atoms with E-state index in [0.29, 0.717) is 11.1 Å². The highest BCUT2D eigenvalue weighted by Gasteiger charge is 2.57. The highest BCUT2D eigenvalue weighted by Crippen LogP contribution is 2.35. The number of hydrogen-bond acceptors (Lipinski definition) is 6. The van der Waals surface area contributed by atoms with E-state index in [9.17, 15) is 28.8 Å². The van der Waals surface area contributed by atoms with Gasteiger partial charge in [-0.25, -0.2) is 4.79 Å². The van der Waals surface area contributed by atoms with Gasteiger partial charge < -0.3 is 21.3 Å². The van der Waals surface area contributed by atoms with Gasteiger partial charge in [0.05, 0.1) is 16.6 Å². The van der Waals surface area contributed by atoms with E-state index < -0.39 is 46.0 Å². The van der Waals surface area contributed by atoms with Crippen molar-refractivity contribution >= 4 is 28.6 Å². The smallest absolute Gasteiger partial charge is 0.352 e. The van der Waals surface area contributed by atoms with E-state index in [1.54, 1.807) is 13.0 Å². The van der Waals surface area contributed by atoms with Gasteiger partial charge in [-0.05, 0) is 30.2 Å². The standard InChI is InChI=1S/C18H19N3O6S/c1-2-3-10-8-28(27)17-13(16(24)21(17)14(10)18(25)26)20-15(23)12(19)9-4-6-11(22)7-5-9/h2-7,12-13,17,22H,8,19H2,1H3,(H,20,23)(H,25,26)/b3-2+/t12-,13-,17-,28?/m1/s1. The monoisotopic (exact) mass is 405 g/mol. The Bertz CT molecular complexity index is 924. The summed E-state index contributed by atoms with van der Waals surface area (Å²) in [6.45, 7) is 1.69. The van der Waals surface area contributed by atoms with Crippen LogP contribution in [0.15, 0.2) is 47.7 Å². The van der Waals surface area contributed by atoms with E-state index in [2.05, 4.69) is 5.32 Å². The van der Waals surface area contributed by atoms with Gasteiger partial charge in [-0.1, -0.05) is 24.3 Å². The zero-order chi connectivity index (χ0) is 20.6. The number of rotatable bonds is 5. The van der Waals surface area contributed by atoms with Crippen molar-refractivity contribution in [3.63, 3.8) is 0 Å². The highest BCUT2D eigenvalue weighted by molar-refractivity contribution is 7.86. The molecule has 2 amide bonds. The number of carbonyl (C=O) groups is 3. The van der Waals surface area contributed by atoms with Gasteiger partial charge in [-0.15, -0.1) is 0 Å². The number of carbonyl (C=O) groups excluding carboxylic acids is 2. The average Bonchev–Trinajstić information content (AvgIpc) is 2.65. The molecular weight excluding hydrogens is 386 g/mol. The van der Waals surface area contributed by atoms with Gasteiger partial charge in [-0.2, -0.15) is 0 Å². The summed E-state index contributed by atoms with van der Waals surface area (Å²) < 4.78 is 12.6. The first-order valence-electron chi connectivity index (χ1n) is 8.40. The van der Waals surface area contributed by atoms with Crippen LogP contribution in [0.5, 0.6) is 5.75 Å². The molecule has 2 aliphatic heterocycles. The van der Waals surface area contributed by atoms with Crippen LogP contribution < -0.4 is 11.1 Å². The van der Waals surface area contributed by atoms with Crippen molar-refractivity contribution in [1.82, 2.24) is 10.2 Å². The lowest BCUT2D eigenvalue weighted by Gasteiger charge is -2.49. The third-order valence-corrected chi connectivity index (χ3v) is 6.18. The summed E-state index contributed by atoms with van der Waals surface area (Å²) in [5.74, 6) is -2.63. The van der Waals surface area contributed by atoms with Crippen molar-refractivity contribution in [3.8, 4) is 5.75 Å². The Hall–Kier alpha value is -2.98. The van der Waals surface area contributed by atoms with Crippen molar-refractivity contribution in [1.29, 1.82) is 0 Å². The van der Waals surface area contributed by atoms with E-state index in [4.69, 9.17) is 5.73 Å². The molecule has 9 nitrogen and oxygen atoms in total. The molecule has 2 heterocycles. The molecule has 5 N–H and O–H groups in total. The zero-order valence-corrected chi connectivity index (χ0v) is 15.7. The zero-order valence-electron chi connectivity index (χ0n) is 14.9. The molecule has 1 unspecified atom stereocenters. The Balaban J connectivity index is 1.80. The molecule has 0 aliphatic carbocycles. The molecule has 0 aromatic heterocycles. The molecule has 148 valence electrons. The van der Waals surface area contributed by atoms with E-state index >= 15 is 0 Å². The molecule has 1 aromatic rings. The Labute approximate surface area is 163 Å². The SMILES string of the molecule is C/C=C/C1=C(C(=O)O)N2C(=O)[C@@H](NC(=O)[C@H](N)c3ccc(O)cc3)[C@H]2S(=O)C1. The summed E-state index contributed by atoms with van der Waals surface area (Å²) in [6, 6.07) is 3.48.